The third-order valence-corrected chi connectivity index (χ3v) is 6.92. The van der Waals surface area contributed by atoms with E-state index in [2.05, 4.69) is 47.9 Å². The number of phenolic OH excluding ortho intramolecular Hbond substituents is 1. The molecule has 6 heteroatoms. The molecule has 2 heterocycles. The third-order valence-electron chi connectivity index (χ3n) is 5.71. The molecule has 0 radical (unpaired) electrons. The Hall–Kier alpha value is -3.12. The summed E-state index contributed by atoms with van der Waals surface area (Å²) in [5.41, 5.74) is 4.18. The predicted molar refractivity (Wildman–Crippen MR) is 122 cm³/mol. The third kappa shape index (κ3) is 2.82. The zero-order valence-corrected chi connectivity index (χ0v) is 17.6. The van der Waals surface area contributed by atoms with Gasteiger partial charge in [0.1, 0.15) is 5.37 Å². The fraction of sp³-hybridized carbons (Fsp3) is 0.208. The molecule has 5 rings (SSSR count). The van der Waals surface area contributed by atoms with Crippen molar-refractivity contribution in [2.24, 2.45) is 0 Å². The van der Waals surface area contributed by atoms with Crippen LogP contribution in [0.3, 0.4) is 0 Å². The Labute approximate surface area is 178 Å². The van der Waals surface area contributed by atoms with Crippen molar-refractivity contribution in [1.82, 2.24) is 4.57 Å². The van der Waals surface area contributed by atoms with Crippen molar-refractivity contribution in [3.05, 3.63) is 66.2 Å². The number of methoxy groups -OCH3 is 1. The zero-order valence-electron chi connectivity index (χ0n) is 16.8. The van der Waals surface area contributed by atoms with Crippen LogP contribution in [0.2, 0.25) is 0 Å². The molecular formula is C24H22N2O3S. The number of carbonyl (C=O) groups is 1. The second-order valence-electron chi connectivity index (χ2n) is 7.32. The molecule has 1 atom stereocenters. The van der Waals surface area contributed by atoms with E-state index in [0.717, 1.165) is 23.2 Å². The molecule has 3 aromatic carbocycles. The fourth-order valence-corrected chi connectivity index (χ4v) is 5.50. The summed E-state index contributed by atoms with van der Waals surface area (Å²) < 4.78 is 7.57. The first-order valence-corrected chi connectivity index (χ1v) is 11.0. The van der Waals surface area contributed by atoms with Crippen LogP contribution < -0.4 is 9.64 Å². The van der Waals surface area contributed by atoms with Crippen molar-refractivity contribution in [1.29, 1.82) is 0 Å². The van der Waals surface area contributed by atoms with Crippen LogP contribution in [-0.4, -0.2) is 28.4 Å². The summed E-state index contributed by atoms with van der Waals surface area (Å²) in [6.45, 7) is 3.03. The lowest BCUT2D eigenvalue weighted by atomic mass is 10.1. The van der Waals surface area contributed by atoms with Crippen molar-refractivity contribution < 1.29 is 14.6 Å². The van der Waals surface area contributed by atoms with Gasteiger partial charge >= 0.3 is 0 Å². The topological polar surface area (TPSA) is 54.7 Å². The Balaban J connectivity index is 1.64. The van der Waals surface area contributed by atoms with Crippen molar-refractivity contribution in [2.45, 2.75) is 18.8 Å². The number of aryl methyl sites for hydroxylation is 1. The lowest BCUT2D eigenvalue weighted by Gasteiger charge is -2.25. The van der Waals surface area contributed by atoms with Crippen LogP contribution in [0, 0.1) is 0 Å². The largest absolute Gasteiger partial charge is 0.504 e. The molecule has 1 unspecified atom stereocenters. The zero-order chi connectivity index (χ0) is 20.8. The maximum absolute atomic E-state index is 12.9. The molecule has 1 aromatic heterocycles. The van der Waals surface area contributed by atoms with E-state index in [1.165, 1.54) is 23.5 Å². The van der Waals surface area contributed by atoms with Gasteiger partial charge < -0.3 is 14.4 Å². The number of fused-ring (bicyclic) bond motifs is 3. The number of hydrogen-bond acceptors (Lipinski definition) is 4. The SMILES string of the molecule is CCn1c2ccccc2c2cc(N3C(=O)CSC3c3ccc(O)c(OC)c3)ccc21. The van der Waals surface area contributed by atoms with E-state index in [9.17, 15) is 9.90 Å². The maximum atomic E-state index is 12.9. The van der Waals surface area contributed by atoms with Gasteiger partial charge in [-0.15, -0.1) is 11.8 Å². The Morgan fingerprint density at radius 2 is 1.87 bits per heavy atom. The molecule has 1 aliphatic rings. The summed E-state index contributed by atoms with van der Waals surface area (Å²) in [5, 5.41) is 12.1. The first-order chi connectivity index (χ1) is 14.6. The summed E-state index contributed by atoms with van der Waals surface area (Å²) in [6, 6.07) is 19.9. The summed E-state index contributed by atoms with van der Waals surface area (Å²) in [7, 11) is 1.53. The fourth-order valence-electron chi connectivity index (χ4n) is 4.33. The highest BCUT2D eigenvalue weighted by atomic mass is 32.2. The van der Waals surface area contributed by atoms with E-state index in [1.807, 2.05) is 17.0 Å². The Morgan fingerprint density at radius 1 is 1.07 bits per heavy atom. The van der Waals surface area contributed by atoms with Crippen molar-refractivity contribution in [3.8, 4) is 11.5 Å². The normalized spacial score (nSPS) is 16.7. The van der Waals surface area contributed by atoms with Crippen LogP contribution in [0.25, 0.3) is 21.8 Å². The number of hydrogen-bond donors (Lipinski definition) is 1. The Kier molecular flexibility index (Phi) is 4.59. The molecule has 0 saturated carbocycles. The number of aromatic nitrogens is 1. The summed E-state index contributed by atoms with van der Waals surface area (Å²) in [4.78, 5) is 14.7. The van der Waals surface area contributed by atoms with E-state index in [4.69, 9.17) is 4.74 Å². The van der Waals surface area contributed by atoms with Gasteiger partial charge in [-0.1, -0.05) is 24.3 Å². The van der Waals surface area contributed by atoms with Crippen molar-refractivity contribution in [2.75, 3.05) is 17.8 Å². The molecular weight excluding hydrogens is 396 g/mol. The number of benzene rings is 3. The molecule has 30 heavy (non-hydrogen) atoms. The van der Waals surface area contributed by atoms with Crippen LogP contribution in [0.4, 0.5) is 5.69 Å². The molecule has 0 bridgehead atoms. The average molecular weight is 419 g/mol. The van der Waals surface area contributed by atoms with Gasteiger partial charge in [0.05, 0.1) is 12.9 Å². The first-order valence-electron chi connectivity index (χ1n) is 9.94. The quantitative estimate of drug-likeness (QED) is 0.488. The highest BCUT2D eigenvalue weighted by Crippen LogP contribution is 2.44. The number of carbonyl (C=O) groups excluding carboxylic acids is 1. The number of aromatic hydroxyl groups is 1. The molecule has 152 valence electrons. The summed E-state index contributed by atoms with van der Waals surface area (Å²) in [5.74, 6) is 1.00. The van der Waals surface area contributed by atoms with Gasteiger partial charge in [-0.05, 0) is 48.9 Å². The van der Waals surface area contributed by atoms with E-state index in [0.29, 0.717) is 11.5 Å². The number of ether oxygens (including phenoxy) is 1. The highest BCUT2D eigenvalue weighted by Gasteiger charge is 2.34. The molecule has 1 amide bonds. The number of nitrogens with zero attached hydrogens (tertiary/aromatic N) is 2. The van der Waals surface area contributed by atoms with Gasteiger partial charge in [-0.3, -0.25) is 9.69 Å². The number of anilines is 1. The van der Waals surface area contributed by atoms with Crippen molar-refractivity contribution >= 4 is 45.2 Å². The van der Waals surface area contributed by atoms with Crippen LogP contribution in [0.1, 0.15) is 17.9 Å². The molecule has 1 aliphatic heterocycles. The molecule has 1 fully saturated rings. The minimum atomic E-state index is -0.163. The van der Waals surface area contributed by atoms with Gasteiger partial charge in [0, 0.05) is 34.0 Å². The minimum absolute atomic E-state index is 0.0793. The predicted octanol–water partition coefficient (Wildman–Crippen LogP) is 5.31. The smallest absolute Gasteiger partial charge is 0.238 e. The summed E-state index contributed by atoms with van der Waals surface area (Å²) >= 11 is 1.58. The standard InChI is InChI=1S/C24H22N2O3S/c1-3-25-19-7-5-4-6-17(19)18-13-16(9-10-20(18)25)26-23(28)14-30-24(26)15-8-11-21(27)22(12-15)29-2/h4-13,24,27H,3,14H2,1-2H3. The molecule has 0 aliphatic carbocycles. The Bertz CT molecular complexity index is 1280. The van der Waals surface area contributed by atoms with E-state index >= 15 is 0 Å². The first kappa shape index (κ1) is 18.9. The lowest BCUT2D eigenvalue weighted by molar-refractivity contribution is -0.115. The highest BCUT2D eigenvalue weighted by molar-refractivity contribution is 8.00. The molecule has 0 spiro atoms. The Morgan fingerprint density at radius 3 is 2.67 bits per heavy atom. The number of thioether (sulfide) groups is 1. The number of amides is 1. The maximum Gasteiger partial charge on any atom is 0.238 e. The van der Waals surface area contributed by atoms with Crippen molar-refractivity contribution in [3.63, 3.8) is 0 Å². The molecule has 4 aromatic rings. The van der Waals surface area contributed by atoms with Crippen LogP contribution >= 0.6 is 11.8 Å². The second kappa shape index (κ2) is 7.29. The van der Waals surface area contributed by atoms with Crippen LogP contribution in [0.5, 0.6) is 11.5 Å². The molecule has 5 nitrogen and oxygen atoms in total. The van der Waals surface area contributed by atoms with Crippen LogP contribution in [-0.2, 0) is 11.3 Å². The lowest BCUT2D eigenvalue weighted by Crippen LogP contribution is -2.27. The van der Waals surface area contributed by atoms with Gasteiger partial charge in [0.2, 0.25) is 5.91 Å². The molecule has 1 N–H and O–H groups in total. The van der Waals surface area contributed by atoms with E-state index < -0.39 is 0 Å². The minimum Gasteiger partial charge on any atom is -0.504 e. The van der Waals surface area contributed by atoms with Gasteiger partial charge in [-0.25, -0.2) is 0 Å². The number of phenols is 1. The van der Waals surface area contributed by atoms with E-state index in [1.54, 1.807) is 23.9 Å². The van der Waals surface area contributed by atoms with Crippen LogP contribution in [0.15, 0.2) is 60.7 Å². The average Bonchev–Trinajstić information content (AvgIpc) is 3.31. The second-order valence-corrected chi connectivity index (χ2v) is 8.39. The van der Waals surface area contributed by atoms with Gasteiger partial charge in [-0.2, -0.15) is 0 Å². The molecule has 1 saturated heterocycles. The van der Waals surface area contributed by atoms with E-state index in [-0.39, 0.29) is 17.0 Å². The number of rotatable bonds is 4. The number of para-hydroxylation sites is 1. The van der Waals surface area contributed by atoms with Gasteiger partial charge in [0.25, 0.3) is 0 Å². The monoisotopic (exact) mass is 418 g/mol. The van der Waals surface area contributed by atoms with Gasteiger partial charge in [0.15, 0.2) is 11.5 Å². The summed E-state index contributed by atoms with van der Waals surface area (Å²) in [6.07, 6.45) is 0.